The predicted molar refractivity (Wildman–Crippen MR) is 99.6 cm³/mol. The van der Waals surface area contributed by atoms with Gasteiger partial charge in [0.15, 0.2) is 3.95 Å². The fraction of sp³-hybridized carbons (Fsp3) is 0.471. The second kappa shape index (κ2) is 7.72. The van der Waals surface area contributed by atoms with Crippen molar-refractivity contribution in [1.82, 2.24) is 14.7 Å². The quantitative estimate of drug-likeness (QED) is 0.685. The summed E-state index contributed by atoms with van der Waals surface area (Å²) in [5, 5.41) is 5.24. The SMILES string of the molecule is CCC(=O)N(c1nn(CN(C)Cc2cccc(F)c2)c(=S)s1)C1CC1. The molecule has 0 unspecified atom stereocenters. The lowest BCUT2D eigenvalue weighted by atomic mass is 10.2. The molecule has 1 aromatic heterocycles. The van der Waals surface area contributed by atoms with Gasteiger partial charge < -0.3 is 0 Å². The van der Waals surface area contributed by atoms with E-state index in [4.69, 9.17) is 12.2 Å². The average molecular weight is 381 g/mol. The van der Waals surface area contributed by atoms with Gasteiger partial charge in [0.05, 0.1) is 6.67 Å². The van der Waals surface area contributed by atoms with Gasteiger partial charge in [0.25, 0.3) is 0 Å². The number of hydrogen-bond donors (Lipinski definition) is 0. The van der Waals surface area contributed by atoms with Gasteiger partial charge in [0.1, 0.15) is 5.82 Å². The summed E-state index contributed by atoms with van der Waals surface area (Å²) in [7, 11) is 1.93. The highest BCUT2D eigenvalue weighted by molar-refractivity contribution is 7.73. The van der Waals surface area contributed by atoms with E-state index in [0.29, 0.717) is 28.7 Å². The molecular formula is C17H21FN4OS2. The highest BCUT2D eigenvalue weighted by Gasteiger charge is 2.35. The molecule has 0 bridgehead atoms. The van der Waals surface area contributed by atoms with Gasteiger partial charge in [0, 0.05) is 19.0 Å². The maximum atomic E-state index is 13.3. The lowest BCUT2D eigenvalue weighted by molar-refractivity contribution is -0.118. The van der Waals surface area contributed by atoms with E-state index < -0.39 is 0 Å². The Morgan fingerprint density at radius 2 is 2.24 bits per heavy atom. The second-order valence-electron chi connectivity index (χ2n) is 6.28. The Bertz CT molecular complexity index is 815. The Labute approximate surface area is 155 Å². The summed E-state index contributed by atoms with van der Waals surface area (Å²) in [6.07, 6.45) is 2.51. The molecule has 5 nitrogen and oxygen atoms in total. The maximum Gasteiger partial charge on any atom is 0.228 e. The zero-order chi connectivity index (χ0) is 18.0. The number of halogens is 1. The normalized spacial score (nSPS) is 14.1. The Kier molecular flexibility index (Phi) is 5.61. The van der Waals surface area contributed by atoms with E-state index in [1.54, 1.807) is 15.6 Å². The van der Waals surface area contributed by atoms with E-state index in [-0.39, 0.29) is 17.8 Å². The highest BCUT2D eigenvalue weighted by Crippen LogP contribution is 2.33. The maximum absolute atomic E-state index is 13.3. The number of nitrogens with zero attached hydrogens (tertiary/aromatic N) is 4. The number of rotatable bonds is 7. The molecular weight excluding hydrogens is 359 g/mol. The number of carbonyl (C=O) groups excluding carboxylic acids is 1. The number of hydrogen-bond acceptors (Lipinski definition) is 5. The van der Waals surface area contributed by atoms with Gasteiger partial charge in [-0.15, -0.1) is 5.10 Å². The van der Waals surface area contributed by atoms with Crippen molar-refractivity contribution in [2.75, 3.05) is 11.9 Å². The van der Waals surface area contributed by atoms with Crippen LogP contribution >= 0.6 is 23.6 Å². The van der Waals surface area contributed by atoms with E-state index in [1.165, 1.54) is 23.5 Å². The molecule has 1 aliphatic carbocycles. The minimum Gasteiger partial charge on any atom is -0.284 e. The molecule has 134 valence electrons. The molecule has 3 rings (SSSR count). The number of benzene rings is 1. The van der Waals surface area contributed by atoms with Crippen LogP contribution in [0.5, 0.6) is 0 Å². The number of amides is 1. The third-order valence-electron chi connectivity index (χ3n) is 4.00. The Hall–Kier alpha value is -1.64. The minimum atomic E-state index is -0.239. The van der Waals surface area contributed by atoms with Crippen LogP contribution in [-0.2, 0) is 18.0 Å². The molecule has 0 radical (unpaired) electrons. The molecule has 25 heavy (non-hydrogen) atoms. The van der Waals surface area contributed by atoms with Crippen molar-refractivity contribution >= 4 is 34.6 Å². The van der Waals surface area contributed by atoms with Gasteiger partial charge in [0.2, 0.25) is 11.0 Å². The predicted octanol–water partition coefficient (Wildman–Crippen LogP) is 3.81. The van der Waals surface area contributed by atoms with Gasteiger partial charge in [-0.05, 0) is 49.8 Å². The molecule has 1 heterocycles. The standard InChI is InChI=1S/C17H21FN4OS2/c1-3-15(23)22(14-7-8-14)16-19-21(17(24)25-16)11-20(2)10-12-5-4-6-13(18)9-12/h4-6,9,14H,3,7-8,10-11H2,1-2H3. The smallest absolute Gasteiger partial charge is 0.228 e. The van der Waals surface area contributed by atoms with E-state index in [2.05, 4.69) is 5.10 Å². The summed E-state index contributed by atoms with van der Waals surface area (Å²) >= 11 is 6.79. The first-order valence-electron chi connectivity index (χ1n) is 8.31. The van der Waals surface area contributed by atoms with Crippen molar-refractivity contribution in [3.63, 3.8) is 0 Å². The minimum absolute atomic E-state index is 0.0894. The Morgan fingerprint density at radius 1 is 1.48 bits per heavy atom. The van der Waals surface area contributed by atoms with Crippen molar-refractivity contribution in [2.24, 2.45) is 0 Å². The molecule has 1 aliphatic rings. The van der Waals surface area contributed by atoms with Crippen LogP contribution in [0, 0.1) is 9.77 Å². The monoisotopic (exact) mass is 380 g/mol. The zero-order valence-corrected chi connectivity index (χ0v) is 15.9. The van der Waals surface area contributed by atoms with E-state index in [9.17, 15) is 9.18 Å². The summed E-state index contributed by atoms with van der Waals surface area (Å²) < 4.78 is 15.7. The molecule has 0 spiro atoms. The third kappa shape index (κ3) is 4.50. The first-order valence-corrected chi connectivity index (χ1v) is 9.53. The number of carbonyl (C=O) groups is 1. The lowest BCUT2D eigenvalue weighted by Crippen LogP contribution is -2.32. The molecule has 0 atom stereocenters. The van der Waals surface area contributed by atoms with Crippen LogP contribution in [0.15, 0.2) is 24.3 Å². The van der Waals surface area contributed by atoms with Gasteiger partial charge in [-0.1, -0.05) is 30.4 Å². The number of aromatic nitrogens is 2. The van der Waals surface area contributed by atoms with Crippen molar-refractivity contribution in [3.05, 3.63) is 39.6 Å². The van der Waals surface area contributed by atoms with Crippen LogP contribution in [0.2, 0.25) is 0 Å². The average Bonchev–Trinajstić information content (AvgIpc) is 3.32. The summed E-state index contributed by atoms with van der Waals surface area (Å²) in [5.74, 6) is -0.150. The Morgan fingerprint density at radius 3 is 2.88 bits per heavy atom. The van der Waals surface area contributed by atoms with Crippen LogP contribution in [-0.4, -0.2) is 33.7 Å². The highest BCUT2D eigenvalue weighted by atomic mass is 32.1. The van der Waals surface area contributed by atoms with E-state index in [0.717, 1.165) is 18.4 Å². The fourth-order valence-corrected chi connectivity index (χ4v) is 3.85. The molecule has 1 aromatic carbocycles. The van der Waals surface area contributed by atoms with Crippen LogP contribution in [0.4, 0.5) is 9.52 Å². The van der Waals surface area contributed by atoms with Crippen molar-refractivity contribution < 1.29 is 9.18 Å². The molecule has 1 fully saturated rings. The van der Waals surface area contributed by atoms with Crippen molar-refractivity contribution in [3.8, 4) is 0 Å². The molecule has 1 saturated carbocycles. The summed E-state index contributed by atoms with van der Waals surface area (Å²) in [6.45, 7) is 2.94. The lowest BCUT2D eigenvalue weighted by Gasteiger charge is -2.18. The van der Waals surface area contributed by atoms with Crippen LogP contribution in [0.25, 0.3) is 0 Å². The molecule has 0 saturated heterocycles. The topological polar surface area (TPSA) is 41.4 Å². The fourth-order valence-electron chi connectivity index (χ4n) is 2.68. The zero-order valence-electron chi connectivity index (χ0n) is 14.3. The molecule has 8 heteroatoms. The van der Waals surface area contributed by atoms with Gasteiger partial charge in [-0.25, -0.2) is 9.07 Å². The van der Waals surface area contributed by atoms with Crippen LogP contribution in [0.3, 0.4) is 0 Å². The summed E-state index contributed by atoms with van der Waals surface area (Å²) in [4.78, 5) is 16.0. The van der Waals surface area contributed by atoms with E-state index in [1.807, 2.05) is 24.9 Å². The molecule has 0 N–H and O–H groups in total. The summed E-state index contributed by atoms with van der Waals surface area (Å²) in [6, 6.07) is 6.82. The Balaban J connectivity index is 1.71. The summed E-state index contributed by atoms with van der Waals surface area (Å²) in [5.41, 5.74) is 0.894. The first kappa shape index (κ1) is 18.2. The largest absolute Gasteiger partial charge is 0.284 e. The molecule has 1 amide bonds. The van der Waals surface area contributed by atoms with Gasteiger partial charge in [-0.2, -0.15) is 0 Å². The molecule has 2 aromatic rings. The first-order chi connectivity index (χ1) is 12.0. The van der Waals surface area contributed by atoms with Gasteiger partial charge >= 0.3 is 0 Å². The van der Waals surface area contributed by atoms with Crippen LogP contribution < -0.4 is 4.90 Å². The third-order valence-corrected chi connectivity index (χ3v) is 5.31. The van der Waals surface area contributed by atoms with Crippen LogP contribution in [0.1, 0.15) is 31.7 Å². The van der Waals surface area contributed by atoms with E-state index >= 15 is 0 Å². The van der Waals surface area contributed by atoms with Crippen molar-refractivity contribution in [2.45, 2.75) is 45.4 Å². The molecule has 0 aliphatic heterocycles. The van der Waals surface area contributed by atoms with Gasteiger partial charge in [-0.3, -0.25) is 14.6 Å². The van der Waals surface area contributed by atoms with Crippen molar-refractivity contribution in [1.29, 1.82) is 0 Å². The second-order valence-corrected chi connectivity index (χ2v) is 7.89. The number of anilines is 1.